The minimum atomic E-state index is -0.485. The van der Waals surface area contributed by atoms with E-state index in [0.29, 0.717) is 23.9 Å². The van der Waals surface area contributed by atoms with Crippen molar-refractivity contribution in [3.8, 4) is 0 Å². The summed E-state index contributed by atoms with van der Waals surface area (Å²) in [5.41, 5.74) is 0.831. The van der Waals surface area contributed by atoms with Crippen LogP contribution in [0.3, 0.4) is 0 Å². The molecule has 0 aromatic carbocycles. The van der Waals surface area contributed by atoms with Crippen molar-refractivity contribution in [2.75, 3.05) is 13.6 Å². The van der Waals surface area contributed by atoms with Crippen molar-refractivity contribution >= 4 is 23.2 Å². The van der Waals surface area contributed by atoms with Gasteiger partial charge in [-0.25, -0.2) is 4.98 Å². The van der Waals surface area contributed by atoms with Gasteiger partial charge in [0.2, 0.25) is 0 Å². The Kier molecular flexibility index (Phi) is 6.54. The highest BCUT2D eigenvalue weighted by molar-refractivity contribution is 6.41. The topological polar surface area (TPSA) is 71.3 Å². The third kappa shape index (κ3) is 4.86. The molecule has 0 radical (unpaired) electrons. The molecule has 0 unspecified atom stereocenters. The molecule has 1 aromatic heterocycles. The van der Waals surface area contributed by atoms with Gasteiger partial charge in [0.15, 0.2) is 5.82 Å². The summed E-state index contributed by atoms with van der Waals surface area (Å²) in [5.74, 6) is 0.433. The first-order valence-corrected chi connectivity index (χ1v) is 6.81. The van der Waals surface area contributed by atoms with Gasteiger partial charge in [-0.1, -0.05) is 30.1 Å². The van der Waals surface area contributed by atoms with E-state index < -0.39 is 4.92 Å². The Hall–Kier alpha value is -1.53. The Balaban J connectivity index is 2.95. The maximum atomic E-state index is 10.6. The number of halogens is 2. The quantitative estimate of drug-likeness (QED) is 0.475. The van der Waals surface area contributed by atoms with Gasteiger partial charge >= 0.3 is 0 Å². The molecule has 0 bridgehead atoms. The molecule has 1 rings (SSSR count). The normalized spacial score (nSPS) is 11.3. The second-order valence-corrected chi connectivity index (χ2v) is 4.85. The fourth-order valence-corrected chi connectivity index (χ4v) is 2.02. The number of hydrogen-bond donors (Lipinski definition) is 1. The van der Waals surface area contributed by atoms with Gasteiger partial charge in [0, 0.05) is 26.3 Å². The first-order chi connectivity index (χ1) is 9.47. The van der Waals surface area contributed by atoms with E-state index in [1.807, 2.05) is 11.8 Å². The van der Waals surface area contributed by atoms with Crippen molar-refractivity contribution in [2.45, 2.75) is 19.9 Å². The zero-order valence-electron chi connectivity index (χ0n) is 11.3. The van der Waals surface area contributed by atoms with Crippen LogP contribution in [-0.4, -0.2) is 28.4 Å². The van der Waals surface area contributed by atoms with Crippen LogP contribution in [0.5, 0.6) is 0 Å². The molecule has 8 heteroatoms. The summed E-state index contributed by atoms with van der Waals surface area (Å²) in [7, 11) is 1.64. The number of hydrogen-bond acceptors (Lipinski definition) is 5. The molecule has 6 nitrogen and oxygen atoms in total. The minimum Gasteiger partial charge on any atom is -0.370 e. The van der Waals surface area contributed by atoms with Crippen molar-refractivity contribution in [1.29, 1.82) is 0 Å². The lowest BCUT2D eigenvalue weighted by molar-refractivity contribution is -0.404. The summed E-state index contributed by atoms with van der Waals surface area (Å²) in [6, 6.07) is 1.71. The van der Waals surface area contributed by atoms with Gasteiger partial charge in [0.25, 0.3) is 6.20 Å². The maximum absolute atomic E-state index is 10.6. The molecule has 0 spiro atoms. The Morgan fingerprint density at radius 1 is 1.60 bits per heavy atom. The van der Waals surface area contributed by atoms with E-state index in [9.17, 15) is 10.1 Å². The smallest absolute Gasteiger partial charge is 0.274 e. The molecule has 0 aliphatic rings. The van der Waals surface area contributed by atoms with Crippen LogP contribution in [-0.2, 0) is 6.54 Å². The number of nitro groups is 1. The molecule has 110 valence electrons. The molecule has 1 heterocycles. The second kappa shape index (κ2) is 7.91. The minimum absolute atomic E-state index is 0.243. The Morgan fingerprint density at radius 3 is 2.80 bits per heavy atom. The third-order valence-electron chi connectivity index (χ3n) is 2.54. The van der Waals surface area contributed by atoms with E-state index in [1.54, 1.807) is 19.3 Å². The molecule has 20 heavy (non-hydrogen) atoms. The lowest BCUT2D eigenvalue weighted by Gasteiger charge is -2.25. The van der Waals surface area contributed by atoms with Gasteiger partial charge in [-0.3, -0.25) is 10.1 Å². The molecule has 1 aromatic rings. The molecular weight excluding hydrogens is 303 g/mol. The summed E-state index contributed by atoms with van der Waals surface area (Å²) < 4.78 is 0. The molecule has 1 N–H and O–H groups in total. The van der Waals surface area contributed by atoms with Crippen LogP contribution in [0.25, 0.3) is 0 Å². The van der Waals surface area contributed by atoms with Gasteiger partial charge in [-0.15, -0.1) is 0 Å². The number of nitrogens with one attached hydrogen (secondary N) is 1. The molecule has 0 aliphatic carbocycles. The van der Waals surface area contributed by atoms with Crippen molar-refractivity contribution in [3.05, 3.63) is 50.1 Å². The largest absolute Gasteiger partial charge is 0.370 e. The monoisotopic (exact) mass is 318 g/mol. The lowest BCUT2D eigenvalue weighted by Crippen LogP contribution is -2.31. The van der Waals surface area contributed by atoms with Gasteiger partial charge in [0.1, 0.15) is 5.15 Å². The standard InChI is InChI=1S/C12H16Cl2N4O2/c1-3-4-17(11(15-2)8-18(19)20)7-9-5-10(13)12(14)16-6-9/h5-6,8,15H,3-4,7H2,1-2H3/b11-8+. The fourth-order valence-electron chi connectivity index (χ4n) is 1.73. The number of pyridine rings is 1. The fraction of sp³-hybridized carbons (Fsp3) is 0.417. The molecule has 0 atom stereocenters. The van der Waals surface area contributed by atoms with Crippen LogP contribution in [0.2, 0.25) is 10.2 Å². The average molecular weight is 319 g/mol. The molecule has 0 amide bonds. The molecule has 0 saturated heterocycles. The Morgan fingerprint density at radius 2 is 2.30 bits per heavy atom. The van der Waals surface area contributed by atoms with Crippen molar-refractivity contribution in [1.82, 2.24) is 15.2 Å². The van der Waals surface area contributed by atoms with Crippen molar-refractivity contribution < 1.29 is 4.92 Å². The van der Waals surface area contributed by atoms with Crippen LogP contribution in [0.1, 0.15) is 18.9 Å². The van der Waals surface area contributed by atoms with Crippen LogP contribution in [0, 0.1) is 10.1 Å². The Bertz CT molecular complexity index is 508. The molecule has 0 aliphatic heterocycles. The molecule has 0 fully saturated rings. The second-order valence-electron chi connectivity index (χ2n) is 4.09. The summed E-state index contributed by atoms with van der Waals surface area (Å²) >= 11 is 11.7. The van der Waals surface area contributed by atoms with E-state index >= 15 is 0 Å². The van der Waals surface area contributed by atoms with Gasteiger partial charge in [-0.05, 0) is 18.1 Å². The van der Waals surface area contributed by atoms with Gasteiger partial charge in [-0.2, -0.15) is 0 Å². The lowest BCUT2D eigenvalue weighted by atomic mass is 10.2. The van der Waals surface area contributed by atoms with Gasteiger partial charge < -0.3 is 10.2 Å². The number of rotatable bonds is 7. The highest BCUT2D eigenvalue weighted by Crippen LogP contribution is 2.21. The maximum Gasteiger partial charge on any atom is 0.274 e. The Labute approximate surface area is 127 Å². The first-order valence-electron chi connectivity index (χ1n) is 6.05. The first kappa shape index (κ1) is 16.5. The summed E-state index contributed by atoms with van der Waals surface area (Å²) in [6.45, 7) is 3.12. The van der Waals surface area contributed by atoms with E-state index in [1.165, 1.54) is 0 Å². The van der Waals surface area contributed by atoms with Gasteiger partial charge in [0.05, 0.1) is 9.95 Å². The number of nitrogens with zero attached hydrogens (tertiary/aromatic N) is 3. The molecular formula is C12H16Cl2N4O2. The highest BCUT2D eigenvalue weighted by atomic mass is 35.5. The number of aromatic nitrogens is 1. The average Bonchev–Trinajstić information content (AvgIpc) is 2.39. The van der Waals surface area contributed by atoms with Crippen LogP contribution < -0.4 is 5.32 Å². The third-order valence-corrected chi connectivity index (χ3v) is 3.23. The summed E-state index contributed by atoms with van der Waals surface area (Å²) in [4.78, 5) is 16.0. The zero-order valence-corrected chi connectivity index (χ0v) is 12.8. The van der Waals surface area contributed by atoms with Crippen LogP contribution >= 0.6 is 23.2 Å². The van der Waals surface area contributed by atoms with Crippen molar-refractivity contribution in [2.24, 2.45) is 0 Å². The van der Waals surface area contributed by atoms with E-state index in [0.717, 1.165) is 18.2 Å². The van der Waals surface area contributed by atoms with E-state index in [4.69, 9.17) is 23.2 Å². The highest BCUT2D eigenvalue weighted by Gasteiger charge is 2.13. The van der Waals surface area contributed by atoms with E-state index in [-0.39, 0.29) is 5.15 Å². The summed E-state index contributed by atoms with van der Waals surface area (Å²) in [6.07, 6.45) is 3.41. The van der Waals surface area contributed by atoms with Crippen LogP contribution in [0.4, 0.5) is 0 Å². The zero-order chi connectivity index (χ0) is 15.1. The predicted molar refractivity (Wildman–Crippen MR) is 79.1 cm³/mol. The molecule has 0 saturated carbocycles. The van der Waals surface area contributed by atoms with Crippen LogP contribution in [0.15, 0.2) is 24.3 Å². The SMILES string of the molecule is CCCN(Cc1cnc(Cl)c(Cl)c1)/C(=C/[N+](=O)[O-])NC. The predicted octanol–water partition coefficient (Wildman–Crippen LogP) is 2.90. The van der Waals surface area contributed by atoms with Crippen molar-refractivity contribution in [3.63, 3.8) is 0 Å². The van der Waals surface area contributed by atoms with E-state index in [2.05, 4.69) is 10.3 Å². The summed E-state index contributed by atoms with van der Waals surface area (Å²) in [5, 5.41) is 14.1.